The number of nitrogens with zero attached hydrogens (tertiary/aromatic N) is 2. The number of H-pyrrole nitrogens is 1. The summed E-state index contributed by atoms with van der Waals surface area (Å²) in [5.74, 6) is 0.355. The maximum atomic E-state index is 11.9. The molecule has 2 heterocycles. The highest BCUT2D eigenvalue weighted by Gasteiger charge is 2.11. The van der Waals surface area contributed by atoms with E-state index in [0.29, 0.717) is 22.3 Å². The number of benzene rings is 1. The molecular weight excluding hydrogens is 280 g/mol. The number of amides is 1. The Balaban J connectivity index is 1.72. The molecule has 3 aromatic rings. The SMILES string of the molecule is N#Cc1cnc(NC(=O)OCc2ccccc2)c2cc[nH]c12. The Morgan fingerprint density at radius 3 is 2.91 bits per heavy atom. The average molecular weight is 292 g/mol. The number of nitriles is 1. The molecule has 0 aliphatic carbocycles. The van der Waals surface area contributed by atoms with E-state index >= 15 is 0 Å². The van der Waals surface area contributed by atoms with Crippen molar-refractivity contribution in [2.75, 3.05) is 5.32 Å². The highest BCUT2D eigenvalue weighted by atomic mass is 16.5. The summed E-state index contributed by atoms with van der Waals surface area (Å²) in [4.78, 5) is 18.9. The predicted molar refractivity (Wildman–Crippen MR) is 81.1 cm³/mol. The van der Waals surface area contributed by atoms with E-state index in [1.807, 2.05) is 36.4 Å². The smallest absolute Gasteiger partial charge is 0.413 e. The number of hydrogen-bond acceptors (Lipinski definition) is 4. The fraction of sp³-hybridized carbons (Fsp3) is 0.0625. The number of aromatic nitrogens is 2. The standard InChI is InChI=1S/C16H12N4O2/c17-8-12-9-19-15(13-6-7-18-14(12)13)20-16(21)22-10-11-4-2-1-3-5-11/h1-7,9,18H,10H2,(H,19,20,21). The summed E-state index contributed by atoms with van der Waals surface area (Å²) in [6.07, 6.45) is 2.50. The zero-order valence-electron chi connectivity index (χ0n) is 11.5. The Hall–Kier alpha value is -3.33. The maximum Gasteiger partial charge on any atom is 0.413 e. The molecule has 2 aromatic heterocycles. The van der Waals surface area contributed by atoms with E-state index in [4.69, 9.17) is 10.00 Å². The van der Waals surface area contributed by atoms with Crippen LogP contribution in [0.25, 0.3) is 10.9 Å². The third kappa shape index (κ3) is 2.74. The topological polar surface area (TPSA) is 90.8 Å². The number of rotatable bonds is 3. The second kappa shape index (κ2) is 5.97. The Bertz CT molecular complexity index is 849. The molecule has 0 bridgehead atoms. The van der Waals surface area contributed by atoms with Crippen LogP contribution in [0, 0.1) is 11.3 Å². The monoisotopic (exact) mass is 292 g/mol. The number of anilines is 1. The zero-order valence-corrected chi connectivity index (χ0v) is 11.5. The normalized spacial score (nSPS) is 10.1. The molecule has 108 valence electrons. The van der Waals surface area contributed by atoms with Gasteiger partial charge >= 0.3 is 6.09 Å². The van der Waals surface area contributed by atoms with E-state index in [0.717, 1.165) is 5.56 Å². The lowest BCUT2D eigenvalue weighted by Gasteiger charge is -2.07. The van der Waals surface area contributed by atoms with E-state index in [1.54, 1.807) is 12.3 Å². The molecule has 1 amide bonds. The van der Waals surface area contributed by atoms with Gasteiger partial charge in [0.1, 0.15) is 18.5 Å². The molecule has 0 unspecified atom stereocenters. The number of ether oxygens (including phenoxy) is 1. The van der Waals surface area contributed by atoms with Crippen LogP contribution in [0.15, 0.2) is 48.8 Å². The molecule has 0 saturated heterocycles. The van der Waals surface area contributed by atoms with Crippen LogP contribution in [0.5, 0.6) is 0 Å². The molecule has 0 spiro atoms. The number of aromatic amines is 1. The van der Waals surface area contributed by atoms with Gasteiger partial charge in [-0.05, 0) is 11.6 Å². The molecule has 0 aliphatic rings. The highest BCUT2D eigenvalue weighted by Crippen LogP contribution is 2.23. The molecule has 0 aliphatic heterocycles. The lowest BCUT2D eigenvalue weighted by molar-refractivity contribution is 0.155. The molecule has 0 fully saturated rings. The van der Waals surface area contributed by atoms with Crippen LogP contribution in [0.1, 0.15) is 11.1 Å². The summed E-state index contributed by atoms with van der Waals surface area (Å²) in [6.45, 7) is 0.180. The zero-order chi connectivity index (χ0) is 15.4. The Labute approximate surface area is 126 Å². The molecule has 1 aromatic carbocycles. The Morgan fingerprint density at radius 1 is 1.32 bits per heavy atom. The first-order valence-electron chi connectivity index (χ1n) is 6.62. The van der Waals surface area contributed by atoms with Gasteiger partial charge in [0, 0.05) is 17.8 Å². The van der Waals surface area contributed by atoms with Gasteiger partial charge in [0.2, 0.25) is 0 Å². The lowest BCUT2D eigenvalue weighted by Crippen LogP contribution is -2.14. The highest BCUT2D eigenvalue weighted by molar-refractivity contribution is 5.98. The van der Waals surface area contributed by atoms with E-state index in [1.165, 1.54) is 6.20 Å². The van der Waals surface area contributed by atoms with Crippen molar-refractivity contribution in [1.29, 1.82) is 5.26 Å². The predicted octanol–water partition coefficient (Wildman–Crippen LogP) is 3.18. The number of hydrogen-bond donors (Lipinski definition) is 2. The maximum absolute atomic E-state index is 11.9. The molecular formula is C16H12N4O2. The van der Waals surface area contributed by atoms with Crippen molar-refractivity contribution in [3.8, 4) is 6.07 Å². The summed E-state index contributed by atoms with van der Waals surface area (Å²) in [5.41, 5.74) is 1.95. The van der Waals surface area contributed by atoms with E-state index in [9.17, 15) is 4.79 Å². The van der Waals surface area contributed by atoms with Crippen molar-refractivity contribution in [2.24, 2.45) is 0 Å². The minimum absolute atomic E-state index is 0.180. The van der Waals surface area contributed by atoms with Crippen LogP contribution in [-0.4, -0.2) is 16.1 Å². The summed E-state index contributed by atoms with van der Waals surface area (Å²) < 4.78 is 5.15. The third-order valence-electron chi connectivity index (χ3n) is 3.15. The molecule has 3 rings (SSSR count). The van der Waals surface area contributed by atoms with Crippen LogP contribution in [0.3, 0.4) is 0 Å². The molecule has 2 N–H and O–H groups in total. The number of carbonyl (C=O) groups is 1. The van der Waals surface area contributed by atoms with E-state index in [-0.39, 0.29) is 6.61 Å². The average Bonchev–Trinajstić information content (AvgIpc) is 3.04. The van der Waals surface area contributed by atoms with Crippen LogP contribution in [-0.2, 0) is 11.3 Å². The largest absolute Gasteiger partial charge is 0.444 e. The van der Waals surface area contributed by atoms with E-state index < -0.39 is 6.09 Å². The first-order chi connectivity index (χ1) is 10.8. The Kier molecular flexibility index (Phi) is 3.70. The van der Waals surface area contributed by atoms with Crippen molar-refractivity contribution >= 4 is 22.8 Å². The molecule has 0 atom stereocenters. The summed E-state index contributed by atoms with van der Waals surface area (Å²) in [6, 6.07) is 13.2. The van der Waals surface area contributed by atoms with Gasteiger partial charge < -0.3 is 9.72 Å². The Morgan fingerprint density at radius 2 is 2.14 bits per heavy atom. The van der Waals surface area contributed by atoms with E-state index in [2.05, 4.69) is 15.3 Å². The van der Waals surface area contributed by atoms with Gasteiger partial charge in [-0.2, -0.15) is 5.26 Å². The quantitative estimate of drug-likeness (QED) is 0.775. The van der Waals surface area contributed by atoms with Gasteiger partial charge in [-0.15, -0.1) is 0 Å². The van der Waals surface area contributed by atoms with Gasteiger partial charge in [-0.25, -0.2) is 9.78 Å². The second-order valence-electron chi connectivity index (χ2n) is 4.59. The van der Waals surface area contributed by atoms with Crippen LogP contribution in [0.4, 0.5) is 10.6 Å². The minimum atomic E-state index is -0.594. The van der Waals surface area contributed by atoms with Gasteiger partial charge in [0.05, 0.1) is 11.1 Å². The third-order valence-corrected chi connectivity index (χ3v) is 3.15. The molecule has 6 nitrogen and oxygen atoms in total. The van der Waals surface area contributed by atoms with Gasteiger partial charge in [0.15, 0.2) is 0 Å². The summed E-state index contributed by atoms with van der Waals surface area (Å²) >= 11 is 0. The van der Waals surface area contributed by atoms with Crippen molar-refractivity contribution in [3.05, 3.63) is 59.9 Å². The number of fused-ring (bicyclic) bond motifs is 1. The summed E-state index contributed by atoms with van der Waals surface area (Å²) in [5, 5.41) is 12.3. The molecule has 0 radical (unpaired) electrons. The lowest BCUT2D eigenvalue weighted by atomic mass is 10.2. The molecule has 0 saturated carbocycles. The molecule has 6 heteroatoms. The van der Waals surface area contributed by atoms with Gasteiger partial charge in [-0.3, -0.25) is 5.32 Å². The van der Waals surface area contributed by atoms with Crippen molar-refractivity contribution in [2.45, 2.75) is 6.61 Å². The van der Waals surface area contributed by atoms with Crippen LogP contribution in [0.2, 0.25) is 0 Å². The second-order valence-corrected chi connectivity index (χ2v) is 4.59. The molecule has 22 heavy (non-hydrogen) atoms. The van der Waals surface area contributed by atoms with Gasteiger partial charge in [-0.1, -0.05) is 30.3 Å². The van der Waals surface area contributed by atoms with Crippen molar-refractivity contribution in [1.82, 2.24) is 9.97 Å². The first kappa shape index (κ1) is 13.6. The number of carbonyl (C=O) groups excluding carboxylic acids is 1. The van der Waals surface area contributed by atoms with Gasteiger partial charge in [0.25, 0.3) is 0 Å². The fourth-order valence-corrected chi connectivity index (χ4v) is 2.09. The van der Waals surface area contributed by atoms with Crippen molar-refractivity contribution < 1.29 is 9.53 Å². The minimum Gasteiger partial charge on any atom is -0.444 e. The van der Waals surface area contributed by atoms with Crippen molar-refractivity contribution in [3.63, 3.8) is 0 Å². The summed E-state index contributed by atoms with van der Waals surface area (Å²) in [7, 11) is 0. The number of nitrogens with one attached hydrogen (secondary N) is 2. The van der Waals surface area contributed by atoms with Crippen LogP contribution >= 0.6 is 0 Å². The fourth-order valence-electron chi connectivity index (χ4n) is 2.09. The van der Waals surface area contributed by atoms with Crippen LogP contribution < -0.4 is 5.32 Å². The number of pyridine rings is 1. The first-order valence-corrected chi connectivity index (χ1v) is 6.62.